The molecule has 0 atom stereocenters. The number of likely N-dealkylation sites (N-methyl/N-ethyl adjacent to an activating group) is 2. The molecule has 8 heteroatoms. The number of hydrogen-bond donors (Lipinski definition) is 0. The number of nitrogens with zero attached hydrogens (tertiary/aromatic N) is 2. The van der Waals surface area contributed by atoms with Gasteiger partial charge in [0.15, 0.2) is 0 Å². The summed E-state index contributed by atoms with van der Waals surface area (Å²) in [5.41, 5.74) is 0. The van der Waals surface area contributed by atoms with Crippen molar-refractivity contribution in [2.75, 3.05) is 27.2 Å². The Morgan fingerprint density at radius 3 is 1.29 bits per heavy atom. The van der Waals surface area contributed by atoms with Gasteiger partial charge in [-0.3, -0.25) is 0 Å². The predicted molar refractivity (Wildman–Crippen MR) is 65.2 cm³/mol. The summed E-state index contributed by atoms with van der Waals surface area (Å²) < 4.78 is 0.942. The maximum absolute atomic E-state index is 4.80. The number of rotatable bonds is 3. The molecule has 0 aromatic rings. The van der Waals surface area contributed by atoms with Crippen molar-refractivity contribution in [1.82, 2.24) is 9.80 Å². The number of thiocarbonyl (C=S) groups is 2. The SMILES string of the molecule is CN(CCN(C)C(=S)[S-])C(=S)[S-].[Na+].[Na+]. The molecule has 2 nitrogen and oxygen atoms in total. The Morgan fingerprint density at radius 1 is 0.929 bits per heavy atom. The van der Waals surface area contributed by atoms with Crippen LogP contribution in [-0.2, 0) is 25.3 Å². The van der Waals surface area contributed by atoms with E-state index in [1.54, 1.807) is 0 Å². The average Bonchev–Trinajstić information content (AvgIpc) is 1.98. The zero-order valence-electron chi connectivity index (χ0n) is 8.94. The molecule has 0 amide bonds. The molecule has 0 heterocycles. The van der Waals surface area contributed by atoms with Crippen LogP contribution in [0.3, 0.4) is 0 Å². The van der Waals surface area contributed by atoms with Crippen LogP contribution in [0.15, 0.2) is 0 Å². The van der Waals surface area contributed by atoms with Crippen molar-refractivity contribution in [2.24, 2.45) is 0 Å². The smallest absolute Gasteiger partial charge is 0.411 e. The van der Waals surface area contributed by atoms with Gasteiger partial charge in [0.2, 0.25) is 0 Å². The molecule has 0 N–H and O–H groups in total. The van der Waals surface area contributed by atoms with E-state index in [0.717, 1.165) is 13.1 Å². The Hall–Kier alpha value is 2.22. The largest absolute Gasteiger partial charge is 1.00 e. The Bertz CT molecular complexity index is 171. The summed E-state index contributed by atoms with van der Waals surface area (Å²) in [5, 5.41) is 0. The first kappa shape index (κ1) is 21.5. The van der Waals surface area contributed by atoms with Crippen molar-refractivity contribution in [3.05, 3.63) is 0 Å². The molecule has 0 aliphatic carbocycles. The van der Waals surface area contributed by atoms with Crippen LogP contribution >= 0.6 is 24.4 Å². The minimum absolute atomic E-state index is 0. The Kier molecular flexibility index (Phi) is 18.0. The van der Waals surface area contributed by atoms with Crippen LogP contribution in [-0.4, -0.2) is 45.6 Å². The van der Waals surface area contributed by atoms with Crippen LogP contribution in [0.4, 0.5) is 0 Å². The minimum Gasteiger partial charge on any atom is -0.411 e. The fourth-order valence-corrected chi connectivity index (χ4v) is 0.848. The standard InChI is InChI=1S/C6H12N2S4.2Na/c1-7(5(9)10)3-4-8(2)6(11)12;;/h3-4H2,1-2H3,(H,9,10)(H,11,12);;/q;2*+1/p-2. The van der Waals surface area contributed by atoms with Crippen LogP contribution in [0.5, 0.6) is 0 Å². The predicted octanol–water partition coefficient (Wildman–Crippen LogP) is -5.48. The summed E-state index contributed by atoms with van der Waals surface area (Å²) in [6, 6.07) is 0. The van der Waals surface area contributed by atoms with E-state index < -0.39 is 0 Å². The van der Waals surface area contributed by atoms with Gasteiger partial charge in [-0.05, 0) is 0 Å². The van der Waals surface area contributed by atoms with Gasteiger partial charge in [0.05, 0.1) is 0 Å². The van der Waals surface area contributed by atoms with Crippen LogP contribution in [0.25, 0.3) is 0 Å². The zero-order valence-corrected chi connectivity index (χ0v) is 16.2. The first-order valence-corrected chi connectivity index (χ1v) is 4.92. The summed E-state index contributed by atoms with van der Waals surface area (Å²) in [6.07, 6.45) is 0. The Labute approximate surface area is 152 Å². The second-order valence-corrected chi connectivity index (χ2v) is 4.44. The molecule has 0 saturated carbocycles. The molecule has 0 rings (SSSR count). The van der Waals surface area contributed by atoms with Crippen molar-refractivity contribution in [1.29, 1.82) is 0 Å². The summed E-state index contributed by atoms with van der Waals surface area (Å²) in [6.45, 7) is 1.52. The molecule has 0 aromatic heterocycles. The molecule has 0 radical (unpaired) electrons. The van der Waals surface area contributed by atoms with E-state index in [-0.39, 0.29) is 59.1 Å². The maximum Gasteiger partial charge on any atom is 1.00 e. The summed E-state index contributed by atoms with van der Waals surface area (Å²) in [7, 11) is 3.71. The van der Waals surface area contributed by atoms with Gasteiger partial charge in [-0.1, -0.05) is 8.64 Å². The quantitative estimate of drug-likeness (QED) is 0.288. The van der Waals surface area contributed by atoms with Crippen molar-refractivity contribution >= 4 is 58.3 Å². The monoisotopic (exact) mass is 284 g/mol. The van der Waals surface area contributed by atoms with Crippen molar-refractivity contribution in [2.45, 2.75) is 0 Å². The van der Waals surface area contributed by atoms with E-state index in [0.29, 0.717) is 8.64 Å². The fourth-order valence-electron chi connectivity index (χ4n) is 0.483. The van der Waals surface area contributed by atoms with Crippen molar-refractivity contribution < 1.29 is 59.1 Å². The van der Waals surface area contributed by atoms with Gasteiger partial charge in [-0.15, -0.1) is 0 Å². The van der Waals surface area contributed by atoms with Gasteiger partial charge in [0, 0.05) is 27.2 Å². The van der Waals surface area contributed by atoms with Crippen molar-refractivity contribution in [3.63, 3.8) is 0 Å². The Morgan fingerprint density at radius 2 is 1.14 bits per heavy atom. The summed E-state index contributed by atoms with van der Waals surface area (Å²) in [5.74, 6) is 0. The number of hydrogen-bond acceptors (Lipinski definition) is 4. The molecule has 0 unspecified atom stereocenters. The topological polar surface area (TPSA) is 6.48 Å². The first-order valence-electron chi connectivity index (χ1n) is 3.29. The first-order chi connectivity index (χ1) is 5.45. The third-order valence-corrected chi connectivity index (χ3v) is 2.64. The normalized spacial score (nSPS) is 7.86. The van der Waals surface area contributed by atoms with Crippen LogP contribution in [0, 0.1) is 0 Å². The second kappa shape index (κ2) is 11.7. The molecule has 0 saturated heterocycles. The molecule has 0 fully saturated rings. The molecule has 0 bridgehead atoms. The van der Waals surface area contributed by atoms with Gasteiger partial charge >= 0.3 is 59.1 Å². The average molecular weight is 284 g/mol. The molecule has 0 aromatic carbocycles. The van der Waals surface area contributed by atoms with Gasteiger partial charge in [-0.25, -0.2) is 0 Å². The van der Waals surface area contributed by atoms with Crippen molar-refractivity contribution in [3.8, 4) is 0 Å². The van der Waals surface area contributed by atoms with Gasteiger partial charge in [-0.2, -0.15) is 0 Å². The van der Waals surface area contributed by atoms with Crippen LogP contribution in [0.1, 0.15) is 0 Å². The van der Waals surface area contributed by atoms with Gasteiger partial charge < -0.3 is 59.5 Å². The summed E-state index contributed by atoms with van der Waals surface area (Å²) >= 11 is 19.2. The van der Waals surface area contributed by atoms with E-state index >= 15 is 0 Å². The molecule has 0 spiro atoms. The third-order valence-electron chi connectivity index (χ3n) is 1.39. The van der Waals surface area contributed by atoms with E-state index in [9.17, 15) is 0 Å². The fraction of sp³-hybridized carbons (Fsp3) is 0.667. The van der Waals surface area contributed by atoms with Gasteiger partial charge in [0.25, 0.3) is 0 Å². The van der Waals surface area contributed by atoms with E-state index in [2.05, 4.69) is 0 Å². The van der Waals surface area contributed by atoms with E-state index in [4.69, 9.17) is 49.7 Å². The third kappa shape index (κ3) is 10.7. The molecule has 70 valence electrons. The zero-order chi connectivity index (χ0) is 9.72. The summed E-state index contributed by atoms with van der Waals surface area (Å²) in [4.78, 5) is 3.63. The molecular formula is C6H10N2Na2S4. The van der Waals surface area contributed by atoms with Crippen LogP contribution in [0.2, 0.25) is 0 Å². The van der Waals surface area contributed by atoms with Crippen LogP contribution < -0.4 is 59.1 Å². The minimum atomic E-state index is 0. The molecule has 14 heavy (non-hydrogen) atoms. The van der Waals surface area contributed by atoms with E-state index in [1.165, 1.54) is 0 Å². The molecular weight excluding hydrogens is 274 g/mol. The second-order valence-electron chi connectivity index (χ2n) is 2.37. The molecule has 0 aliphatic heterocycles. The maximum atomic E-state index is 4.80. The molecule has 0 aliphatic rings. The Balaban J connectivity index is -0.000000605. The van der Waals surface area contributed by atoms with Gasteiger partial charge in [0.1, 0.15) is 0 Å². The van der Waals surface area contributed by atoms with E-state index in [1.807, 2.05) is 23.9 Å².